The second-order valence-electron chi connectivity index (χ2n) is 5.24. The smallest absolute Gasteiger partial charge is 0.0968 e. The Bertz CT molecular complexity index is 222. The van der Waals surface area contributed by atoms with E-state index in [-0.39, 0.29) is 12.4 Å². The van der Waals surface area contributed by atoms with E-state index in [4.69, 9.17) is 5.73 Å². The van der Waals surface area contributed by atoms with Crippen LogP contribution in [0.2, 0.25) is 0 Å². The lowest BCUT2D eigenvalue weighted by Crippen LogP contribution is -2.26. The molecule has 16 heavy (non-hydrogen) atoms. The first kappa shape index (κ1) is 13.8. The molecule has 0 spiro atoms. The molecule has 0 aromatic rings. The Kier molecular flexibility index (Phi) is 6.18. The Morgan fingerprint density at radius 3 is 2.44 bits per heavy atom. The van der Waals surface area contributed by atoms with Crippen LogP contribution in [0.1, 0.15) is 57.8 Å². The van der Waals surface area contributed by atoms with Crippen LogP contribution < -0.4 is 5.73 Å². The molecule has 1 aliphatic heterocycles. The summed E-state index contributed by atoms with van der Waals surface area (Å²) in [6.45, 7) is 0.965. The van der Waals surface area contributed by atoms with Crippen LogP contribution in [0.3, 0.4) is 0 Å². The number of nitrogens with zero attached hydrogens (tertiary/aromatic N) is 1. The van der Waals surface area contributed by atoms with Crippen molar-refractivity contribution in [1.82, 2.24) is 0 Å². The Morgan fingerprint density at radius 2 is 1.69 bits per heavy atom. The molecular formula is C13H25ClN2. The van der Waals surface area contributed by atoms with Gasteiger partial charge in [0.2, 0.25) is 0 Å². The minimum Gasteiger partial charge on any atom is -0.387 e. The van der Waals surface area contributed by atoms with E-state index in [2.05, 4.69) is 4.99 Å². The molecule has 94 valence electrons. The summed E-state index contributed by atoms with van der Waals surface area (Å²) in [5, 5.41) is 0. The van der Waals surface area contributed by atoms with Crippen LogP contribution in [0.15, 0.2) is 4.99 Å². The number of aliphatic imine (C=N–C) groups is 1. The Labute approximate surface area is 105 Å². The quantitative estimate of drug-likeness (QED) is 0.793. The van der Waals surface area contributed by atoms with Crippen LogP contribution in [0.25, 0.3) is 0 Å². The van der Waals surface area contributed by atoms with Crippen LogP contribution in [0.5, 0.6) is 0 Å². The molecule has 2 N–H and O–H groups in total. The van der Waals surface area contributed by atoms with Crippen molar-refractivity contribution >= 4 is 18.2 Å². The molecule has 0 amide bonds. The molecule has 2 nitrogen and oxygen atoms in total. The molecule has 0 bridgehead atoms. The van der Waals surface area contributed by atoms with Gasteiger partial charge < -0.3 is 5.73 Å². The highest BCUT2D eigenvalue weighted by Crippen LogP contribution is 2.31. The third kappa shape index (κ3) is 3.97. The minimum atomic E-state index is 0. The van der Waals surface area contributed by atoms with Crippen LogP contribution in [0, 0.1) is 11.8 Å². The van der Waals surface area contributed by atoms with Crippen molar-refractivity contribution in [1.29, 1.82) is 0 Å². The molecule has 1 saturated carbocycles. The molecular weight excluding hydrogens is 220 g/mol. The fraction of sp³-hybridized carbons (Fsp3) is 0.923. The van der Waals surface area contributed by atoms with E-state index in [1.165, 1.54) is 57.8 Å². The van der Waals surface area contributed by atoms with Crippen molar-refractivity contribution in [2.24, 2.45) is 22.6 Å². The molecule has 3 heteroatoms. The lowest BCUT2D eigenvalue weighted by molar-refractivity contribution is 0.308. The first-order chi connectivity index (χ1) is 7.36. The highest BCUT2D eigenvalue weighted by atomic mass is 35.5. The van der Waals surface area contributed by atoms with Gasteiger partial charge >= 0.3 is 0 Å². The maximum atomic E-state index is 6.05. The number of halogens is 1. The lowest BCUT2D eigenvalue weighted by atomic mass is 9.81. The van der Waals surface area contributed by atoms with Crippen molar-refractivity contribution in [3.8, 4) is 0 Å². The molecule has 0 saturated heterocycles. The second-order valence-corrected chi connectivity index (χ2v) is 5.24. The van der Waals surface area contributed by atoms with E-state index < -0.39 is 0 Å². The van der Waals surface area contributed by atoms with Gasteiger partial charge in [-0.1, -0.05) is 38.5 Å². The van der Waals surface area contributed by atoms with Crippen LogP contribution in [-0.4, -0.2) is 12.4 Å². The van der Waals surface area contributed by atoms with Gasteiger partial charge in [-0.2, -0.15) is 0 Å². The van der Waals surface area contributed by atoms with E-state index in [1.54, 1.807) is 0 Å². The van der Waals surface area contributed by atoms with Gasteiger partial charge in [-0.25, -0.2) is 0 Å². The van der Waals surface area contributed by atoms with E-state index in [9.17, 15) is 0 Å². The lowest BCUT2D eigenvalue weighted by Gasteiger charge is -2.25. The van der Waals surface area contributed by atoms with Crippen LogP contribution in [0.4, 0.5) is 0 Å². The summed E-state index contributed by atoms with van der Waals surface area (Å²) in [7, 11) is 0. The van der Waals surface area contributed by atoms with E-state index in [0.29, 0.717) is 5.92 Å². The third-order valence-corrected chi connectivity index (χ3v) is 4.02. The molecule has 1 heterocycles. The van der Waals surface area contributed by atoms with Crippen molar-refractivity contribution in [3.63, 3.8) is 0 Å². The summed E-state index contributed by atoms with van der Waals surface area (Å²) in [6.07, 6.45) is 12.4. The van der Waals surface area contributed by atoms with E-state index in [1.807, 2.05) is 0 Å². The molecule has 1 unspecified atom stereocenters. The maximum Gasteiger partial charge on any atom is 0.0968 e. The molecule has 2 rings (SSSR count). The molecule has 1 aliphatic carbocycles. The van der Waals surface area contributed by atoms with Gasteiger partial charge in [0.05, 0.1) is 5.84 Å². The molecule has 0 aromatic heterocycles. The zero-order valence-electron chi connectivity index (χ0n) is 10.2. The average Bonchev–Trinajstić information content (AvgIpc) is 2.46. The summed E-state index contributed by atoms with van der Waals surface area (Å²) < 4.78 is 0. The number of rotatable bonds is 2. The Morgan fingerprint density at radius 1 is 1.00 bits per heavy atom. The summed E-state index contributed by atoms with van der Waals surface area (Å²) in [5.41, 5.74) is 6.05. The summed E-state index contributed by atoms with van der Waals surface area (Å²) in [5.74, 6) is 2.50. The van der Waals surface area contributed by atoms with Crippen molar-refractivity contribution in [2.75, 3.05) is 6.54 Å². The topological polar surface area (TPSA) is 38.4 Å². The van der Waals surface area contributed by atoms with Crippen molar-refractivity contribution in [2.45, 2.75) is 57.8 Å². The van der Waals surface area contributed by atoms with E-state index in [0.717, 1.165) is 18.3 Å². The maximum absolute atomic E-state index is 6.05. The monoisotopic (exact) mass is 244 g/mol. The zero-order valence-corrected chi connectivity index (χ0v) is 11.0. The molecule has 1 atom stereocenters. The highest BCUT2D eigenvalue weighted by Gasteiger charge is 2.22. The van der Waals surface area contributed by atoms with Gasteiger partial charge in [-0.3, -0.25) is 4.99 Å². The summed E-state index contributed by atoms with van der Waals surface area (Å²) in [6, 6.07) is 0. The van der Waals surface area contributed by atoms with E-state index >= 15 is 0 Å². The number of nitrogens with two attached hydrogens (primary N) is 1. The first-order valence-electron chi connectivity index (χ1n) is 6.66. The zero-order chi connectivity index (χ0) is 10.5. The highest BCUT2D eigenvalue weighted by molar-refractivity contribution is 5.85. The fourth-order valence-electron chi connectivity index (χ4n) is 3.05. The van der Waals surface area contributed by atoms with Gasteiger partial charge in [0.1, 0.15) is 0 Å². The SMILES string of the molecule is Cl.NC1=NCCCCC1CC1CCCCC1. The standard InChI is InChI=1S/C13H24N2.ClH/c14-13-12(8-4-5-9-15-13)10-11-6-2-1-3-7-11;/h11-12H,1-10H2,(H2,14,15);1H. The average molecular weight is 245 g/mol. The predicted octanol–water partition coefficient (Wildman–Crippen LogP) is 3.54. The third-order valence-electron chi connectivity index (χ3n) is 4.02. The number of hydrogen-bond acceptors (Lipinski definition) is 2. The largest absolute Gasteiger partial charge is 0.387 e. The van der Waals surface area contributed by atoms with Crippen LogP contribution in [-0.2, 0) is 0 Å². The Hall–Kier alpha value is -0.240. The Balaban J connectivity index is 0.00000128. The van der Waals surface area contributed by atoms with Gasteiger partial charge in [-0.15, -0.1) is 12.4 Å². The second kappa shape index (κ2) is 7.16. The van der Waals surface area contributed by atoms with Crippen molar-refractivity contribution in [3.05, 3.63) is 0 Å². The molecule has 0 radical (unpaired) electrons. The molecule has 1 fully saturated rings. The van der Waals surface area contributed by atoms with Gasteiger partial charge in [-0.05, 0) is 25.2 Å². The first-order valence-corrected chi connectivity index (χ1v) is 6.66. The number of hydrogen-bond donors (Lipinski definition) is 1. The van der Waals surface area contributed by atoms with Gasteiger partial charge in [0.25, 0.3) is 0 Å². The van der Waals surface area contributed by atoms with Gasteiger partial charge in [0.15, 0.2) is 0 Å². The minimum absolute atomic E-state index is 0. The van der Waals surface area contributed by atoms with Crippen molar-refractivity contribution < 1.29 is 0 Å². The number of amidine groups is 1. The molecule has 0 aromatic carbocycles. The molecule has 2 aliphatic rings. The summed E-state index contributed by atoms with van der Waals surface area (Å²) >= 11 is 0. The predicted molar refractivity (Wildman–Crippen MR) is 72.3 cm³/mol. The van der Waals surface area contributed by atoms with Gasteiger partial charge in [0, 0.05) is 12.5 Å². The summed E-state index contributed by atoms with van der Waals surface area (Å²) in [4.78, 5) is 4.46. The fourth-order valence-corrected chi connectivity index (χ4v) is 3.05. The normalized spacial score (nSPS) is 27.8. The van der Waals surface area contributed by atoms with Crippen LogP contribution >= 0.6 is 12.4 Å².